The second kappa shape index (κ2) is 13.2. The van der Waals surface area contributed by atoms with E-state index in [2.05, 4.69) is 25.3 Å². The molecule has 0 saturated carbocycles. The second-order valence-corrected chi connectivity index (χ2v) is 5.74. The highest BCUT2D eigenvalue weighted by molar-refractivity contribution is 14.0. The molecule has 11 heteroatoms. The van der Waals surface area contributed by atoms with Gasteiger partial charge in [-0.05, 0) is 30.2 Å². The minimum Gasteiger partial charge on any atom is -0.468 e. The Morgan fingerprint density at radius 1 is 1.28 bits per heavy atom. The van der Waals surface area contributed by atoms with Crippen molar-refractivity contribution < 1.29 is 27.1 Å². The number of nitrogens with zero attached hydrogens (tertiary/aromatic N) is 2. The molecule has 2 aromatic heterocycles. The monoisotopic (exact) mass is 528 g/mol. The summed E-state index contributed by atoms with van der Waals surface area (Å²) in [5.41, 5.74) is 0.719. The van der Waals surface area contributed by atoms with E-state index in [9.17, 15) is 13.2 Å². The van der Waals surface area contributed by atoms with Crippen LogP contribution in [0.25, 0.3) is 0 Å². The van der Waals surface area contributed by atoms with E-state index in [4.69, 9.17) is 9.15 Å². The fourth-order valence-corrected chi connectivity index (χ4v) is 2.15. The zero-order chi connectivity index (χ0) is 20.2. The van der Waals surface area contributed by atoms with Gasteiger partial charge < -0.3 is 24.5 Å². The molecule has 2 heterocycles. The maximum absolute atomic E-state index is 12.2. The highest BCUT2D eigenvalue weighted by atomic mass is 127. The molecule has 2 N–H and O–H groups in total. The number of ether oxygens (including phenoxy) is 2. The lowest BCUT2D eigenvalue weighted by atomic mass is 10.2. The van der Waals surface area contributed by atoms with Crippen molar-refractivity contribution in [3.8, 4) is 5.88 Å². The van der Waals surface area contributed by atoms with Crippen molar-refractivity contribution in [3.63, 3.8) is 0 Å². The van der Waals surface area contributed by atoms with Crippen molar-refractivity contribution in [3.05, 3.63) is 48.0 Å². The number of guanidine groups is 1. The van der Waals surface area contributed by atoms with E-state index in [1.54, 1.807) is 19.4 Å². The summed E-state index contributed by atoms with van der Waals surface area (Å²) < 4.78 is 51.9. The predicted molar refractivity (Wildman–Crippen MR) is 112 cm³/mol. The smallest absolute Gasteiger partial charge is 0.422 e. The summed E-state index contributed by atoms with van der Waals surface area (Å²) in [6.07, 6.45) is -0.630. The lowest BCUT2D eigenvalue weighted by Gasteiger charge is -2.13. The quantitative estimate of drug-likeness (QED) is 0.213. The molecular formula is C18H24F3IN4O3. The number of alkyl halides is 3. The average Bonchev–Trinajstić information content (AvgIpc) is 3.18. The second-order valence-electron chi connectivity index (χ2n) is 5.74. The summed E-state index contributed by atoms with van der Waals surface area (Å²) in [6, 6.07) is 6.80. The van der Waals surface area contributed by atoms with Gasteiger partial charge in [-0.3, -0.25) is 4.99 Å². The first-order valence-corrected chi connectivity index (χ1v) is 8.65. The molecule has 0 aliphatic carbocycles. The van der Waals surface area contributed by atoms with E-state index in [-0.39, 0.29) is 29.9 Å². The minimum atomic E-state index is -4.40. The van der Waals surface area contributed by atoms with Crippen LogP contribution in [0.5, 0.6) is 5.88 Å². The molecule has 162 valence electrons. The summed E-state index contributed by atoms with van der Waals surface area (Å²) in [5, 5.41) is 6.21. The largest absolute Gasteiger partial charge is 0.468 e. The first-order valence-electron chi connectivity index (χ1n) is 8.65. The van der Waals surface area contributed by atoms with Gasteiger partial charge in [0.25, 0.3) is 0 Å². The zero-order valence-corrected chi connectivity index (χ0v) is 18.2. The normalized spacial score (nSPS) is 11.7. The van der Waals surface area contributed by atoms with E-state index >= 15 is 0 Å². The van der Waals surface area contributed by atoms with Gasteiger partial charge in [-0.1, -0.05) is 0 Å². The summed E-state index contributed by atoms with van der Waals surface area (Å²) in [5.74, 6) is 1.27. The van der Waals surface area contributed by atoms with Crippen molar-refractivity contribution in [2.75, 3.05) is 26.8 Å². The molecule has 0 amide bonds. The van der Waals surface area contributed by atoms with Gasteiger partial charge >= 0.3 is 6.18 Å². The van der Waals surface area contributed by atoms with E-state index < -0.39 is 12.8 Å². The summed E-state index contributed by atoms with van der Waals surface area (Å²) in [7, 11) is 1.63. The third kappa shape index (κ3) is 10.9. The van der Waals surface area contributed by atoms with Crippen LogP contribution in [-0.4, -0.2) is 43.9 Å². The number of furan rings is 1. The molecule has 0 aliphatic rings. The third-order valence-corrected chi connectivity index (χ3v) is 3.45. The molecule has 0 aliphatic heterocycles. The fraction of sp³-hybridized carbons (Fsp3) is 0.444. The number of aromatic nitrogens is 1. The maximum atomic E-state index is 12.2. The molecule has 0 atom stereocenters. The van der Waals surface area contributed by atoms with Crippen LogP contribution in [0.1, 0.15) is 17.7 Å². The number of halogens is 4. The first-order chi connectivity index (χ1) is 13.5. The Bertz CT molecular complexity index is 727. The van der Waals surface area contributed by atoms with Crippen LogP contribution in [-0.2, 0) is 17.9 Å². The molecule has 2 aromatic rings. The van der Waals surface area contributed by atoms with E-state index in [0.717, 1.165) is 17.7 Å². The molecule has 0 fully saturated rings. The van der Waals surface area contributed by atoms with Gasteiger partial charge in [-0.15, -0.1) is 24.0 Å². The Balaban J connectivity index is 0.00000420. The van der Waals surface area contributed by atoms with Gasteiger partial charge in [0.05, 0.1) is 6.26 Å². The highest BCUT2D eigenvalue weighted by Crippen LogP contribution is 2.17. The third-order valence-electron chi connectivity index (χ3n) is 3.45. The van der Waals surface area contributed by atoms with Crippen LogP contribution in [0.2, 0.25) is 0 Å². The molecular weight excluding hydrogens is 504 g/mol. The Morgan fingerprint density at radius 3 is 2.79 bits per heavy atom. The summed E-state index contributed by atoms with van der Waals surface area (Å²) >= 11 is 0. The van der Waals surface area contributed by atoms with Crippen LogP contribution < -0.4 is 15.4 Å². The lowest BCUT2D eigenvalue weighted by Crippen LogP contribution is -2.37. The molecule has 0 unspecified atom stereocenters. The van der Waals surface area contributed by atoms with Crippen LogP contribution >= 0.6 is 24.0 Å². The van der Waals surface area contributed by atoms with Crippen LogP contribution in [0, 0.1) is 0 Å². The number of nitrogens with one attached hydrogen (secondary N) is 2. The van der Waals surface area contributed by atoms with Crippen LogP contribution in [0.4, 0.5) is 13.2 Å². The molecule has 0 bridgehead atoms. The maximum Gasteiger partial charge on any atom is 0.422 e. The molecule has 7 nitrogen and oxygen atoms in total. The zero-order valence-electron chi connectivity index (χ0n) is 15.9. The van der Waals surface area contributed by atoms with Gasteiger partial charge in [0.15, 0.2) is 12.6 Å². The highest BCUT2D eigenvalue weighted by Gasteiger charge is 2.28. The summed E-state index contributed by atoms with van der Waals surface area (Å²) in [4.78, 5) is 7.87. The standard InChI is InChI=1S/C18H23F3N4O3.HI/c1-22-17(24-6-3-8-26-12-15-4-2-9-27-15)25-11-14-5-7-23-16(10-14)28-13-18(19,20)21;/h2,4-5,7,9-10H,3,6,8,11-13H2,1H3,(H2,22,24,25);1H. The number of rotatable bonds is 10. The topological polar surface area (TPSA) is 80.9 Å². The van der Waals surface area contributed by atoms with Crippen molar-refractivity contribution in [2.45, 2.75) is 25.7 Å². The SMILES string of the molecule is CN=C(NCCCOCc1ccco1)NCc1ccnc(OCC(F)(F)F)c1.I. The fourth-order valence-electron chi connectivity index (χ4n) is 2.15. The van der Waals surface area contributed by atoms with Gasteiger partial charge in [0.1, 0.15) is 12.4 Å². The summed E-state index contributed by atoms with van der Waals surface area (Å²) in [6.45, 7) is 0.630. The molecule has 0 saturated heterocycles. The number of pyridine rings is 1. The molecule has 0 spiro atoms. The van der Waals surface area contributed by atoms with Crippen LogP contribution in [0.15, 0.2) is 46.1 Å². The Morgan fingerprint density at radius 2 is 2.10 bits per heavy atom. The van der Waals surface area contributed by atoms with Gasteiger partial charge in [-0.2, -0.15) is 13.2 Å². The molecule has 29 heavy (non-hydrogen) atoms. The first kappa shape index (κ1) is 25.0. The van der Waals surface area contributed by atoms with E-state index in [1.165, 1.54) is 12.3 Å². The number of hydrogen-bond donors (Lipinski definition) is 2. The van der Waals surface area contributed by atoms with Crippen molar-refractivity contribution in [1.29, 1.82) is 0 Å². The Labute approximate surface area is 184 Å². The predicted octanol–water partition coefficient (Wildman–Crippen LogP) is 3.51. The Kier molecular flexibility index (Phi) is 11.4. The molecule has 0 radical (unpaired) electrons. The van der Waals surface area contributed by atoms with Crippen molar-refractivity contribution >= 4 is 29.9 Å². The molecule has 2 rings (SSSR count). The van der Waals surface area contributed by atoms with Gasteiger partial charge in [0, 0.05) is 39.0 Å². The lowest BCUT2D eigenvalue weighted by molar-refractivity contribution is -0.154. The Hall–Kier alpha value is -2.02. The average molecular weight is 528 g/mol. The van der Waals surface area contributed by atoms with E-state index in [1.807, 2.05) is 12.1 Å². The number of hydrogen-bond acceptors (Lipinski definition) is 5. The minimum absolute atomic E-state index is 0. The van der Waals surface area contributed by atoms with Crippen LogP contribution in [0.3, 0.4) is 0 Å². The van der Waals surface area contributed by atoms with Gasteiger partial charge in [-0.25, -0.2) is 4.98 Å². The molecule has 0 aromatic carbocycles. The van der Waals surface area contributed by atoms with Crippen molar-refractivity contribution in [2.24, 2.45) is 4.99 Å². The van der Waals surface area contributed by atoms with E-state index in [0.29, 0.717) is 32.3 Å². The number of aliphatic imine (C=N–C) groups is 1. The van der Waals surface area contributed by atoms with Crippen molar-refractivity contribution in [1.82, 2.24) is 15.6 Å². The van der Waals surface area contributed by atoms with Gasteiger partial charge in [0.2, 0.25) is 5.88 Å².